The molecule has 0 N–H and O–H groups in total. The predicted octanol–water partition coefficient (Wildman–Crippen LogP) is 2.90. The summed E-state index contributed by atoms with van der Waals surface area (Å²) in [6.45, 7) is 1.28. The molecule has 0 unspecified atom stereocenters. The van der Waals surface area contributed by atoms with E-state index in [2.05, 4.69) is 0 Å². The highest BCUT2D eigenvalue weighted by Gasteiger charge is 2.36. The standard InChI is InChI=1S/C17H25NO4S/c1-21-16-8-7-15(11-17(16)22-2)23(19,20)18-10-9-13-5-3-4-6-14(13)12-18/h7-8,11,13-14H,3-6,9-10,12H2,1-2H3/t13-,14+/m0/s1. The Kier molecular flexibility index (Phi) is 4.82. The Morgan fingerprint density at radius 1 is 1.00 bits per heavy atom. The zero-order chi connectivity index (χ0) is 16.4. The summed E-state index contributed by atoms with van der Waals surface area (Å²) < 4.78 is 38.0. The Morgan fingerprint density at radius 3 is 2.39 bits per heavy atom. The SMILES string of the molecule is COc1ccc(S(=O)(=O)N2CC[C@@H]3CCCC[C@@H]3C2)cc1OC. The average Bonchev–Trinajstić information content (AvgIpc) is 2.60. The molecule has 0 radical (unpaired) electrons. The summed E-state index contributed by atoms with van der Waals surface area (Å²) in [5.41, 5.74) is 0. The number of ether oxygens (including phenoxy) is 2. The Hall–Kier alpha value is -1.27. The van der Waals surface area contributed by atoms with Crippen LogP contribution in [0.2, 0.25) is 0 Å². The van der Waals surface area contributed by atoms with Crippen molar-refractivity contribution in [3.05, 3.63) is 18.2 Å². The summed E-state index contributed by atoms with van der Waals surface area (Å²) in [4.78, 5) is 0.282. The molecule has 3 rings (SSSR count). The topological polar surface area (TPSA) is 55.8 Å². The van der Waals surface area contributed by atoms with Gasteiger partial charge in [-0.15, -0.1) is 0 Å². The lowest BCUT2D eigenvalue weighted by atomic mass is 9.76. The fourth-order valence-corrected chi connectivity index (χ4v) is 5.44. The number of rotatable bonds is 4. The molecule has 1 aromatic rings. The van der Waals surface area contributed by atoms with Gasteiger partial charge in [-0.1, -0.05) is 19.3 Å². The number of hydrogen-bond acceptors (Lipinski definition) is 4. The molecule has 2 atom stereocenters. The molecule has 128 valence electrons. The van der Waals surface area contributed by atoms with Crippen molar-refractivity contribution in [1.29, 1.82) is 0 Å². The van der Waals surface area contributed by atoms with E-state index in [1.165, 1.54) is 26.4 Å². The Labute approximate surface area is 138 Å². The first-order valence-corrected chi connectivity index (χ1v) is 9.72. The highest BCUT2D eigenvalue weighted by Crippen LogP contribution is 2.38. The number of methoxy groups -OCH3 is 2. The first-order valence-electron chi connectivity index (χ1n) is 8.28. The molecule has 0 spiro atoms. The maximum absolute atomic E-state index is 13.0. The third kappa shape index (κ3) is 3.19. The molecular weight excluding hydrogens is 314 g/mol. The smallest absolute Gasteiger partial charge is 0.243 e. The lowest BCUT2D eigenvalue weighted by Gasteiger charge is -2.40. The summed E-state index contributed by atoms with van der Waals surface area (Å²) in [7, 11) is -0.415. The van der Waals surface area contributed by atoms with Gasteiger partial charge in [0, 0.05) is 19.2 Å². The zero-order valence-electron chi connectivity index (χ0n) is 13.8. The lowest BCUT2D eigenvalue weighted by molar-refractivity contribution is 0.136. The van der Waals surface area contributed by atoms with Crippen LogP contribution in [-0.4, -0.2) is 40.0 Å². The molecule has 1 aromatic carbocycles. The van der Waals surface area contributed by atoms with Gasteiger partial charge in [0.25, 0.3) is 0 Å². The second-order valence-electron chi connectivity index (χ2n) is 6.47. The highest BCUT2D eigenvalue weighted by molar-refractivity contribution is 7.89. The van der Waals surface area contributed by atoms with Crippen LogP contribution in [0.5, 0.6) is 11.5 Å². The van der Waals surface area contributed by atoms with Gasteiger partial charge >= 0.3 is 0 Å². The van der Waals surface area contributed by atoms with Crippen molar-refractivity contribution < 1.29 is 17.9 Å². The average molecular weight is 339 g/mol. The van der Waals surface area contributed by atoms with E-state index in [0.717, 1.165) is 12.8 Å². The third-order valence-electron chi connectivity index (χ3n) is 5.25. The van der Waals surface area contributed by atoms with Crippen molar-refractivity contribution in [1.82, 2.24) is 4.31 Å². The van der Waals surface area contributed by atoms with Crippen LogP contribution >= 0.6 is 0 Å². The molecule has 23 heavy (non-hydrogen) atoms. The number of sulfonamides is 1. The summed E-state index contributed by atoms with van der Waals surface area (Å²) >= 11 is 0. The van der Waals surface area contributed by atoms with Gasteiger partial charge in [0.15, 0.2) is 11.5 Å². The minimum Gasteiger partial charge on any atom is -0.493 e. The molecule has 5 nitrogen and oxygen atoms in total. The van der Waals surface area contributed by atoms with Gasteiger partial charge in [-0.05, 0) is 36.8 Å². The quantitative estimate of drug-likeness (QED) is 0.846. The molecule has 0 aromatic heterocycles. The third-order valence-corrected chi connectivity index (χ3v) is 7.11. The van der Waals surface area contributed by atoms with Crippen LogP contribution in [0.4, 0.5) is 0 Å². The molecule has 1 saturated carbocycles. The molecule has 1 aliphatic heterocycles. The van der Waals surface area contributed by atoms with Crippen molar-refractivity contribution in [2.75, 3.05) is 27.3 Å². The lowest BCUT2D eigenvalue weighted by Crippen LogP contribution is -2.44. The predicted molar refractivity (Wildman–Crippen MR) is 88.4 cm³/mol. The zero-order valence-corrected chi connectivity index (χ0v) is 14.6. The summed E-state index contributed by atoms with van der Waals surface area (Å²) in [5, 5.41) is 0. The van der Waals surface area contributed by atoms with Crippen molar-refractivity contribution in [2.45, 2.75) is 37.0 Å². The molecule has 0 bridgehead atoms. The molecule has 1 aliphatic carbocycles. The number of piperidine rings is 1. The molecular formula is C17H25NO4S. The van der Waals surface area contributed by atoms with E-state index < -0.39 is 10.0 Å². The second-order valence-corrected chi connectivity index (χ2v) is 8.41. The monoisotopic (exact) mass is 339 g/mol. The minimum absolute atomic E-state index is 0.282. The first-order chi connectivity index (χ1) is 11.1. The number of benzene rings is 1. The van der Waals surface area contributed by atoms with Crippen LogP contribution < -0.4 is 9.47 Å². The minimum atomic E-state index is -3.47. The van der Waals surface area contributed by atoms with E-state index >= 15 is 0 Å². The molecule has 0 amide bonds. The molecule has 2 fully saturated rings. The van der Waals surface area contributed by atoms with E-state index in [1.807, 2.05) is 0 Å². The second kappa shape index (κ2) is 6.69. The number of fused-ring (bicyclic) bond motifs is 1. The van der Waals surface area contributed by atoms with Crippen molar-refractivity contribution >= 4 is 10.0 Å². The summed E-state index contributed by atoms with van der Waals surface area (Å²) in [6, 6.07) is 4.81. The summed E-state index contributed by atoms with van der Waals surface area (Å²) in [5.74, 6) is 2.21. The summed E-state index contributed by atoms with van der Waals surface area (Å²) in [6.07, 6.45) is 5.92. The van der Waals surface area contributed by atoms with Crippen LogP contribution in [0.25, 0.3) is 0 Å². The van der Waals surface area contributed by atoms with E-state index in [1.54, 1.807) is 29.6 Å². The van der Waals surface area contributed by atoms with Crippen molar-refractivity contribution in [3.63, 3.8) is 0 Å². The van der Waals surface area contributed by atoms with E-state index in [4.69, 9.17) is 9.47 Å². The Bertz CT molecular complexity index is 659. The van der Waals surface area contributed by atoms with E-state index in [-0.39, 0.29) is 4.90 Å². The normalized spacial score (nSPS) is 25.7. The van der Waals surface area contributed by atoms with E-state index in [0.29, 0.717) is 36.4 Å². The van der Waals surface area contributed by atoms with Gasteiger partial charge in [0.05, 0.1) is 19.1 Å². The van der Waals surface area contributed by atoms with Gasteiger partial charge in [-0.2, -0.15) is 4.31 Å². The van der Waals surface area contributed by atoms with Crippen LogP contribution in [0.1, 0.15) is 32.1 Å². The Balaban J connectivity index is 1.84. The molecule has 2 aliphatic rings. The largest absolute Gasteiger partial charge is 0.493 e. The molecule has 6 heteroatoms. The number of nitrogens with zero attached hydrogens (tertiary/aromatic N) is 1. The van der Waals surface area contributed by atoms with Gasteiger partial charge < -0.3 is 9.47 Å². The first kappa shape index (κ1) is 16.6. The van der Waals surface area contributed by atoms with E-state index in [9.17, 15) is 8.42 Å². The van der Waals surface area contributed by atoms with Crippen LogP contribution in [0, 0.1) is 11.8 Å². The Morgan fingerprint density at radius 2 is 1.70 bits per heavy atom. The molecule has 1 saturated heterocycles. The van der Waals surface area contributed by atoms with Gasteiger partial charge in [0.1, 0.15) is 0 Å². The van der Waals surface area contributed by atoms with Gasteiger partial charge in [-0.25, -0.2) is 8.42 Å². The van der Waals surface area contributed by atoms with Crippen LogP contribution in [0.3, 0.4) is 0 Å². The number of hydrogen-bond donors (Lipinski definition) is 0. The van der Waals surface area contributed by atoms with Crippen molar-refractivity contribution in [2.24, 2.45) is 11.8 Å². The van der Waals surface area contributed by atoms with Crippen LogP contribution in [-0.2, 0) is 10.0 Å². The maximum atomic E-state index is 13.0. The maximum Gasteiger partial charge on any atom is 0.243 e. The fraction of sp³-hybridized carbons (Fsp3) is 0.647. The molecule has 1 heterocycles. The van der Waals surface area contributed by atoms with Crippen LogP contribution in [0.15, 0.2) is 23.1 Å². The highest BCUT2D eigenvalue weighted by atomic mass is 32.2. The fourth-order valence-electron chi connectivity index (χ4n) is 3.91. The van der Waals surface area contributed by atoms with Gasteiger partial charge in [-0.3, -0.25) is 0 Å². The van der Waals surface area contributed by atoms with Gasteiger partial charge in [0.2, 0.25) is 10.0 Å². The van der Waals surface area contributed by atoms with Crippen molar-refractivity contribution in [3.8, 4) is 11.5 Å².